The van der Waals surface area contributed by atoms with Gasteiger partial charge in [-0.3, -0.25) is 0 Å². The van der Waals surface area contributed by atoms with E-state index < -0.39 is 10.4 Å². The van der Waals surface area contributed by atoms with E-state index in [-0.39, 0.29) is 16.8 Å². The normalized spacial score (nSPS) is 13.7. The Labute approximate surface area is 115 Å². The molecule has 0 aliphatic heterocycles. The molecule has 0 bridgehead atoms. The summed E-state index contributed by atoms with van der Waals surface area (Å²) >= 11 is 0. The molecular weight excluding hydrogens is 272 g/mol. The van der Waals surface area contributed by atoms with Crippen molar-refractivity contribution in [1.82, 2.24) is 0 Å². The van der Waals surface area contributed by atoms with Gasteiger partial charge in [-0.15, -0.1) is 0 Å². The molecule has 0 heterocycles. The summed E-state index contributed by atoms with van der Waals surface area (Å²) in [7, 11) is -4.64. The van der Waals surface area contributed by atoms with Crippen LogP contribution in [-0.4, -0.2) is 30.9 Å². The first-order chi connectivity index (χ1) is 8.45. The highest BCUT2D eigenvalue weighted by atomic mass is 32.3. The quantitative estimate of drug-likeness (QED) is 0.240. The molecule has 0 N–H and O–H groups in total. The van der Waals surface area contributed by atoms with Gasteiger partial charge in [0.2, 0.25) is 16.3 Å². The molecule has 6 heteroatoms. The number of unbranched alkanes of at least 4 members (excludes halogenated alkanes) is 7. The van der Waals surface area contributed by atoms with Gasteiger partial charge in [-0.05, 0) is 12.8 Å². The van der Waals surface area contributed by atoms with Crippen LogP contribution in [0.25, 0.3) is 0 Å². The third kappa shape index (κ3) is 14.3. The molecule has 4 nitrogen and oxygen atoms in total. The van der Waals surface area contributed by atoms with E-state index in [4.69, 9.17) is 0 Å². The predicted octanol–water partition coefficient (Wildman–Crippen LogP) is 2.81. The van der Waals surface area contributed by atoms with E-state index in [1.54, 1.807) is 0 Å². The van der Waals surface area contributed by atoms with Gasteiger partial charge in [0.15, 0.2) is 0 Å². The zero-order valence-electron chi connectivity index (χ0n) is 11.5. The van der Waals surface area contributed by atoms with Gasteiger partial charge in [-0.1, -0.05) is 45.4 Å². The summed E-state index contributed by atoms with van der Waals surface area (Å²) in [5.41, 5.74) is 0. The Balaban J connectivity index is 3.28. The third-order valence-electron chi connectivity index (χ3n) is 2.74. The van der Waals surface area contributed by atoms with Crippen molar-refractivity contribution >= 4 is 21.3 Å². The SMILES string of the molecule is CCCCCCCCCC[S+](C)COS(=O)(=O)[O-]. The third-order valence-corrected chi connectivity index (χ3v) is 4.80. The van der Waals surface area contributed by atoms with Gasteiger partial charge < -0.3 is 4.55 Å². The fraction of sp³-hybridized carbons (Fsp3) is 1.00. The number of hydrogen-bond acceptors (Lipinski definition) is 4. The monoisotopic (exact) mass is 298 g/mol. The summed E-state index contributed by atoms with van der Waals surface area (Å²) in [5.74, 6) is 0.993. The van der Waals surface area contributed by atoms with Crippen LogP contribution in [0.15, 0.2) is 0 Å². The molecule has 0 aliphatic carbocycles. The minimum Gasteiger partial charge on any atom is -0.725 e. The summed E-state index contributed by atoms with van der Waals surface area (Å²) in [6, 6.07) is 0. The summed E-state index contributed by atoms with van der Waals surface area (Å²) in [6.45, 7) is 2.21. The smallest absolute Gasteiger partial charge is 0.223 e. The lowest BCUT2D eigenvalue weighted by Crippen LogP contribution is -2.16. The molecule has 1 unspecified atom stereocenters. The van der Waals surface area contributed by atoms with E-state index in [0.29, 0.717) is 0 Å². The van der Waals surface area contributed by atoms with Crippen LogP contribution in [0.1, 0.15) is 58.3 Å². The summed E-state index contributed by atoms with van der Waals surface area (Å²) in [6.07, 6.45) is 12.0. The van der Waals surface area contributed by atoms with Crippen molar-refractivity contribution in [3.05, 3.63) is 0 Å². The van der Waals surface area contributed by atoms with E-state index >= 15 is 0 Å². The van der Waals surface area contributed by atoms with Crippen molar-refractivity contribution in [2.24, 2.45) is 0 Å². The van der Waals surface area contributed by atoms with Crippen LogP contribution in [0.2, 0.25) is 0 Å². The van der Waals surface area contributed by atoms with Crippen molar-refractivity contribution in [1.29, 1.82) is 0 Å². The molecule has 0 saturated carbocycles. The summed E-state index contributed by atoms with van der Waals surface area (Å²) in [5, 5.41) is 0. The van der Waals surface area contributed by atoms with E-state index in [9.17, 15) is 13.0 Å². The highest BCUT2D eigenvalue weighted by molar-refractivity contribution is 7.96. The summed E-state index contributed by atoms with van der Waals surface area (Å²) < 4.78 is 35.0. The zero-order chi connectivity index (χ0) is 13.9. The van der Waals surface area contributed by atoms with Gasteiger partial charge in [-0.25, -0.2) is 12.6 Å². The maximum Gasteiger partial charge on any atom is 0.223 e. The Morgan fingerprint density at radius 3 is 2.00 bits per heavy atom. The van der Waals surface area contributed by atoms with Crippen LogP contribution >= 0.6 is 0 Å². The largest absolute Gasteiger partial charge is 0.725 e. The van der Waals surface area contributed by atoms with Crippen molar-refractivity contribution in [2.45, 2.75) is 58.3 Å². The van der Waals surface area contributed by atoms with Gasteiger partial charge >= 0.3 is 0 Å². The molecule has 110 valence electrons. The Hall–Kier alpha value is 0.220. The van der Waals surface area contributed by atoms with Crippen LogP contribution in [0.5, 0.6) is 0 Å². The van der Waals surface area contributed by atoms with Gasteiger partial charge in [0.1, 0.15) is 5.75 Å². The van der Waals surface area contributed by atoms with Crippen LogP contribution in [0, 0.1) is 0 Å². The van der Waals surface area contributed by atoms with Crippen LogP contribution in [0.3, 0.4) is 0 Å². The first-order valence-corrected chi connectivity index (χ1v) is 9.95. The molecular formula is C12H26O4S2. The second-order valence-corrected chi connectivity index (χ2v) is 7.86. The molecule has 18 heavy (non-hydrogen) atoms. The minimum absolute atomic E-state index is 0.0440. The molecule has 1 atom stereocenters. The highest BCUT2D eigenvalue weighted by Gasteiger charge is 2.12. The molecule has 0 rings (SSSR count). The Morgan fingerprint density at radius 1 is 1.00 bits per heavy atom. The highest BCUT2D eigenvalue weighted by Crippen LogP contribution is 2.09. The maximum atomic E-state index is 10.3. The Morgan fingerprint density at radius 2 is 1.50 bits per heavy atom. The van der Waals surface area contributed by atoms with Gasteiger partial charge in [-0.2, -0.15) is 0 Å². The van der Waals surface area contributed by atoms with Crippen molar-refractivity contribution in [2.75, 3.05) is 17.9 Å². The first-order valence-electron chi connectivity index (χ1n) is 6.65. The van der Waals surface area contributed by atoms with Crippen LogP contribution in [0.4, 0.5) is 0 Å². The maximum absolute atomic E-state index is 10.3. The molecule has 0 fully saturated rings. The van der Waals surface area contributed by atoms with Crippen molar-refractivity contribution < 1.29 is 17.2 Å². The molecule has 0 radical (unpaired) electrons. The van der Waals surface area contributed by atoms with Gasteiger partial charge in [0.25, 0.3) is 0 Å². The van der Waals surface area contributed by atoms with Crippen molar-refractivity contribution in [3.63, 3.8) is 0 Å². The second kappa shape index (κ2) is 11.1. The average molecular weight is 298 g/mol. The molecule has 0 amide bonds. The molecule has 0 aromatic rings. The molecule has 0 aromatic carbocycles. The number of hydrogen-bond donors (Lipinski definition) is 0. The lowest BCUT2D eigenvalue weighted by Gasteiger charge is -2.07. The lowest BCUT2D eigenvalue weighted by molar-refractivity contribution is 0.302. The predicted molar refractivity (Wildman–Crippen MR) is 76.4 cm³/mol. The van der Waals surface area contributed by atoms with E-state index in [1.807, 2.05) is 6.26 Å². The molecule has 0 saturated heterocycles. The molecule has 0 aliphatic rings. The Bertz CT molecular complexity index is 278. The lowest BCUT2D eigenvalue weighted by atomic mass is 10.1. The fourth-order valence-corrected chi connectivity index (χ4v) is 3.63. The number of rotatable bonds is 12. The minimum atomic E-state index is -4.51. The fourth-order valence-electron chi connectivity index (χ4n) is 1.68. The van der Waals surface area contributed by atoms with Gasteiger partial charge in [0, 0.05) is 10.9 Å². The zero-order valence-corrected chi connectivity index (χ0v) is 13.2. The second-order valence-electron chi connectivity index (χ2n) is 4.60. The average Bonchev–Trinajstić information content (AvgIpc) is 2.29. The Kier molecular flexibility index (Phi) is 11.2. The van der Waals surface area contributed by atoms with Crippen molar-refractivity contribution in [3.8, 4) is 0 Å². The van der Waals surface area contributed by atoms with Crippen LogP contribution in [-0.2, 0) is 25.5 Å². The molecule has 0 aromatic heterocycles. The van der Waals surface area contributed by atoms with Crippen LogP contribution < -0.4 is 0 Å². The molecule has 0 spiro atoms. The van der Waals surface area contributed by atoms with Gasteiger partial charge in [0.05, 0.1) is 6.26 Å². The van der Waals surface area contributed by atoms with E-state index in [1.165, 1.54) is 44.9 Å². The standard InChI is InChI=1S/C12H26O4S2/c1-3-4-5-6-7-8-9-10-11-17(2)12-16-18(13,14)15/h3-12H2,1-2H3. The topological polar surface area (TPSA) is 66.4 Å². The first kappa shape index (κ1) is 18.2. The van der Waals surface area contributed by atoms with E-state index in [0.717, 1.165) is 12.2 Å². The van der Waals surface area contributed by atoms with E-state index in [2.05, 4.69) is 11.1 Å². The summed E-state index contributed by atoms with van der Waals surface area (Å²) in [4.78, 5) is 0.